The van der Waals surface area contributed by atoms with Crippen LogP contribution in [0.1, 0.15) is 35.1 Å². The first kappa shape index (κ1) is 15.0. The molecule has 0 saturated heterocycles. The molecule has 2 heterocycles. The first-order valence-electron chi connectivity index (χ1n) is 6.86. The molecule has 7 heteroatoms. The minimum absolute atomic E-state index is 0.170. The number of amides is 1. The Morgan fingerprint density at radius 3 is 2.81 bits per heavy atom. The van der Waals surface area contributed by atoms with Gasteiger partial charge < -0.3 is 10.7 Å². The summed E-state index contributed by atoms with van der Waals surface area (Å²) in [4.78, 5) is 16.5. The molecule has 0 aliphatic carbocycles. The molecule has 1 amide bonds. The molecule has 2 aromatic heterocycles. The van der Waals surface area contributed by atoms with Crippen LogP contribution in [0.25, 0.3) is 0 Å². The van der Waals surface area contributed by atoms with Crippen molar-refractivity contribution in [2.24, 2.45) is 12.9 Å². The minimum Gasteiger partial charge on any atom is -0.346 e. The lowest BCUT2D eigenvalue weighted by atomic mass is 10.1. The Morgan fingerprint density at radius 2 is 2.19 bits per heavy atom. The van der Waals surface area contributed by atoms with Crippen LogP contribution in [0.4, 0.5) is 5.82 Å². The van der Waals surface area contributed by atoms with Crippen molar-refractivity contribution in [3.63, 3.8) is 0 Å². The molecule has 0 radical (unpaired) electrons. The highest BCUT2D eigenvalue weighted by Gasteiger charge is 2.10. The van der Waals surface area contributed by atoms with E-state index in [2.05, 4.69) is 27.7 Å². The molecule has 7 nitrogen and oxygen atoms in total. The SMILES string of the molecule is CCCc1cc(C(=O)NCc2ccn(C)n2)cc(NN)n1. The van der Waals surface area contributed by atoms with Crippen LogP contribution in [0.3, 0.4) is 0 Å². The van der Waals surface area contributed by atoms with Crippen LogP contribution in [0.5, 0.6) is 0 Å². The summed E-state index contributed by atoms with van der Waals surface area (Å²) in [7, 11) is 1.84. The maximum Gasteiger partial charge on any atom is 0.251 e. The number of aryl methyl sites for hydroxylation is 2. The van der Waals surface area contributed by atoms with E-state index in [0.29, 0.717) is 17.9 Å². The smallest absolute Gasteiger partial charge is 0.251 e. The lowest BCUT2D eigenvalue weighted by Crippen LogP contribution is -2.24. The van der Waals surface area contributed by atoms with Gasteiger partial charge in [-0.05, 0) is 24.6 Å². The summed E-state index contributed by atoms with van der Waals surface area (Å²) in [6.07, 6.45) is 3.59. The standard InChI is InChI=1S/C14H20N6O/c1-3-4-11-7-10(8-13(17-11)18-15)14(21)16-9-12-5-6-20(2)19-12/h5-8H,3-4,9,15H2,1-2H3,(H,16,21)(H,17,18). The molecule has 4 N–H and O–H groups in total. The number of nitrogens with zero attached hydrogens (tertiary/aromatic N) is 3. The number of hydrazine groups is 1. The van der Waals surface area contributed by atoms with E-state index in [-0.39, 0.29) is 5.91 Å². The molecule has 0 atom stereocenters. The molecule has 2 rings (SSSR count). The highest BCUT2D eigenvalue weighted by molar-refractivity contribution is 5.94. The normalized spacial score (nSPS) is 10.4. The van der Waals surface area contributed by atoms with Gasteiger partial charge >= 0.3 is 0 Å². The van der Waals surface area contributed by atoms with Crippen molar-refractivity contribution in [1.82, 2.24) is 20.1 Å². The molecule has 0 fully saturated rings. The van der Waals surface area contributed by atoms with Gasteiger partial charge in [0.15, 0.2) is 0 Å². The molecule has 0 aromatic carbocycles. The number of anilines is 1. The van der Waals surface area contributed by atoms with Gasteiger partial charge in [-0.25, -0.2) is 10.8 Å². The molecule has 112 valence electrons. The number of carbonyl (C=O) groups is 1. The lowest BCUT2D eigenvalue weighted by Gasteiger charge is -2.08. The summed E-state index contributed by atoms with van der Waals surface area (Å²) in [5.74, 6) is 5.71. The number of carbonyl (C=O) groups excluding carboxylic acids is 1. The maximum absolute atomic E-state index is 12.2. The number of nitrogens with two attached hydrogens (primary N) is 1. The van der Waals surface area contributed by atoms with Gasteiger partial charge in [0.05, 0.1) is 12.2 Å². The first-order valence-corrected chi connectivity index (χ1v) is 6.86. The second-order valence-corrected chi connectivity index (χ2v) is 4.79. The Morgan fingerprint density at radius 1 is 1.38 bits per heavy atom. The quantitative estimate of drug-likeness (QED) is 0.544. The van der Waals surface area contributed by atoms with Gasteiger partial charge in [0.2, 0.25) is 0 Å². The van der Waals surface area contributed by atoms with E-state index < -0.39 is 0 Å². The van der Waals surface area contributed by atoms with Crippen LogP contribution in [0.2, 0.25) is 0 Å². The Bertz CT molecular complexity index is 622. The van der Waals surface area contributed by atoms with E-state index in [9.17, 15) is 4.79 Å². The van der Waals surface area contributed by atoms with Crippen LogP contribution in [-0.2, 0) is 20.0 Å². The molecule has 0 saturated carbocycles. The summed E-state index contributed by atoms with van der Waals surface area (Å²) in [5, 5.41) is 7.05. The highest BCUT2D eigenvalue weighted by Crippen LogP contribution is 2.11. The highest BCUT2D eigenvalue weighted by atomic mass is 16.1. The second kappa shape index (κ2) is 6.85. The van der Waals surface area contributed by atoms with E-state index >= 15 is 0 Å². The lowest BCUT2D eigenvalue weighted by molar-refractivity contribution is 0.0950. The summed E-state index contributed by atoms with van der Waals surface area (Å²) < 4.78 is 1.70. The monoisotopic (exact) mass is 288 g/mol. The Hall–Kier alpha value is -2.41. The fraction of sp³-hybridized carbons (Fsp3) is 0.357. The minimum atomic E-state index is -0.170. The van der Waals surface area contributed by atoms with E-state index in [4.69, 9.17) is 5.84 Å². The van der Waals surface area contributed by atoms with E-state index in [1.54, 1.807) is 16.8 Å². The van der Waals surface area contributed by atoms with Crippen molar-refractivity contribution < 1.29 is 4.79 Å². The van der Waals surface area contributed by atoms with Crippen molar-refractivity contribution in [2.45, 2.75) is 26.3 Å². The van der Waals surface area contributed by atoms with Gasteiger partial charge in [-0.15, -0.1) is 0 Å². The third-order valence-corrected chi connectivity index (χ3v) is 2.99. The van der Waals surface area contributed by atoms with Gasteiger partial charge in [0.1, 0.15) is 5.82 Å². The molecular weight excluding hydrogens is 268 g/mol. The average Bonchev–Trinajstić information content (AvgIpc) is 2.90. The molecule has 2 aromatic rings. The third kappa shape index (κ3) is 4.03. The van der Waals surface area contributed by atoms with Gasteiger partial charge in [0, 0.05) is 24.5 Å². The summed E-state index contributed by atoms with van der Waals surface area (Å²) in [6, 6.07) is 5.28. The number of rotatable bonds is 6. The van der Waals surface area contributed by atoms with Crippen molar-refractivity contribution in [1.29, 1.82) is 0 Å². The Kier molecular flexibility index (Phi) is 4.89. The molecule has 0 aliphatic rings. The summed E-state index contributed by atoms with van der Waals surface area (Å²) >= 11 is 0. The fourth-order valence-corrected chi connectivity index (χ4v) is 2.01. The molecular formula is C14H20N6O. The predicted octanol–water partition coefficient (Wildman–Crippen LogP) is 0.983. The summed E-state index contributed by atoms with van der Waals surface area (Å²) in [5.41, 5.74) is 4.69. The molecule has 0 aliphatic heterocycles. The van der Waals surface area contributed by atoms with Gasteiger partial charge in [-0.3, -0.25) is 9.48 Å². The van der Waals surface area contributed by atoms with Gasteiger partial charge in [-0.1, -0.05) is 13.3 Å². The second-order valence-electron chi connectivity index (χ2n) is 4.79. The van der Waals surface area contributed by atoms with Crippen molar-refractivity contribution >= 4 is 11.7 Å². The van der Waals surface area contributed by atoms with Gasteiger partial charge in [-0.2, -0.15) is 5.10 Å². The zero-order valence-corrected chi connectivity index (χ0v) is 12.3. The number of hydrogen-bond acceptors (Lipinski definition) is 5. The maximum atomic E-state index is 12.2. The molecule has 0 bridgehead atoms. The Labute approximate surface area is 123 Å². The largest absolute Gasteiger partial charge is 0.346 e. The van der Waals surface area contributed by atoms with Crippen LogP contribution in [0, 0.1) is 0 Å². The van der Waals surface area contributed by atoms with Crippen LogP contribution in [0.15, 0.2) is 24.4 Å². The van der Waals surface area contributed by atoms with E-state index in [0.717, 1.165) is 24.2 Å². The topological polar surface area (TPSA) is 97.9 Å². The number of nitrogens with one attached hydrogen (secondary N) is 2. The van der Waals surface area contributed by atoms with Gasteiger partial charge in [0.25, 0.3) is 5.91 Å². The number of aromatic nitrogens is 3. The van der Waals surface area contributed by atoms with E-state index in [1.165, 1.54) is 0 Å². The molecule has 0 spiro atoms. The predicted molar refractivity (Wildman–Crippen MR) is 80.4 cm³/mol. The van der Waals surface area contributed by atoms with Crippen molar-refractivity contribution in [3.8, 4) is 0 Å². The number of hydrogen-bond donors (Lipinski definition) is 3. The molecule has 21 heavy (non-hydrogen) atoms. The summed E-state index contributed by atoms with van der Waals surface area (Å²) in [6.45, 7) is 2.45. The van der Waals surface area contributed by atoms with Crippen LogP contribution >= 0.6 is 0 Å². The van der Waals surface area contributed by atoms with Crippen LogP contribution < -0.4 is 16.6 Å². The van der Waals surface area contributed by atoms with E-state index in [1.807, 2.05) is 19.3 Å². The third-order valence-electron chi connectivity index (χ3n) is 2.99. The van der Waals surface area contributed by atoms with Crippen molar-refractivity contribution in [2.75, 3.05) is 5.43 Å². The Balaban J connectivity index is 2.08. The van der Waals surface area contributed by atoms with Crippen molar-refractivity contribution in [3.05, 3.63) is 41.3 Å². The zero-order chi connectivity index (χ0) is 15.2. The fourth-order valence-electron chi connectivity index (χ4n) is 2.01. The molecule has 0 unspecified atom stereocenters. The van der Waals surface area contributed by atoms with Crippen LogP contribution in [-0.4, -0.2) is 20.7 Å². The average molecular weight is 288 g/mol. The zero-order valence-electron chi connectivity index (χ0n) is 12.3. The number of nitrogen functional groups attached to an aromatic ring is 1. The first-order chi connectivity index (χ1) is 10.1. The number of pyridine rings is 1.